The molecule has 2 rings (SSSR count). The van der Waals surface area contributed by atoms with Crippen molar-refractivity contribution in [3.63, 3.8) is 0 Å². The molecule has 1 aromatic rings. The Bertz CT molecular complexity index is 472. The summed E-state index contributed by atoms with van der Waals surface area (Å²) >= 11 is 0. The van der Waals surface area contributed by atoms with Crippen LogP contribution < -0.4 is 5.32 Å². The molecular weight excluding hydrogens is 262 g/mol. The van der Waals surface area contributed by atoms with Crippen LogP contribution in [0.2, 0.25) is 0 Å². The van der Waals surface area contributed by atoms with Gasteiger partial charge in [-0.3, -0.25) is 9.69 Å². The van der Waals surface area contributed by atoms with Crippen molar-refractivity contribution in [2.24, 2.45) is 0 Å². The summed E-state index contributed by atoms with van der Waals surface area (Å²) in [4.78, 5) is 16.7. The Kier molecular flexibility index (Phi) is 5.01. The average Bonchev–Trinajstić information content (AvgIpc) is 2.48. The van der Waals surface area contributed by atoms with Crippen molar-refractivity contribution in [2.45, 2.75) is 32.4 Å². The van der Waals surface area contributed by atoms with E-state index in [9.17, 15) is 4.79 Å². The predicted molar refractivity (Wildman–Crippen MR) is 86.1 cm³/mol. The third-order valence-corrected chi connectivity index (χ3v) is 4.55. The van der Waals surface area contributed by atoms with Crippen LogP contribution in [-0.4, -0.2) is 54.5 Å². The number of piperazine rings is 1. The molecule has 1 saturated heterocycles. The molecule has 1 unspecified atom stereocenters. The van der Waals surface area contributed by atoms with E-state index in [1.807, 2.05) is 30.1 Å². The molecule has 1 aliphatic heterocycles. The van der Waals surface area contributed by atoms with Gasteiger partial charge in [0.2, 0.25) is 5.91 Å². The molecule has 1 amide bonds. The van der Waals surface area contributed by atoms with Crippen LogP contribution in [0.3, 0.4) is 0 Å². The molecule has 4 nitrogen and oxygen atoms in total. The van der Waals surface area contributed by atoms with Gasteiger partial charge >= 0.3 is 0 Å². The lowest BCUT2D eigenvalue weighted by atomic mass is 10.00. The Balaban J connectivity index is 1.99. The second-order valence-electron chi connectivity index (χ2n) is 6.50. The molecule has 0 bridgehead atoms. The van der Waals surface area contributed by atoms with E-state index in [1.165, 1.54) is 5.56 Å². The number of amides is 1. The van der Waals surface area contributed by atoms with Crippen LogP contribution in [0.15, 0.2) is 30.3 Å². The summed E-state index contributed by atoms with van der Waals surface area (Å²) in [6.07, 6.45) is 0. The topological polar surface area (TPSA) is 35.6 Å². The highest BCUT2D eigenvalue weighted by atomic mass is 16.2. The van der Waals surface area contributed by atoms with Crippen LogP contribution in [0.5, 0.6) is 0 Å². The highest BCUT2D eigenvalue weighted by molar-refractivity contribution is 5.78. The van der Waals surface area contributed by atoms with Gasteiger partial charge in [-0.1, -0.05) is 30.3 Å². The Morgan fingerprint density at radius 2 is 2.05 bits per heavy atom. The maximum absolute atomic E-state index is 12.6. The molecule has 0 aliphatic carbocycles. The Morgan fingerprint density at radius 3 is 2.67 bits per heavy atom. The first-order valence-corrected chi connectivity index (χ1v) is 7.68. The van der Waals surface area contributed by atoms with Crippen LogP contribution in [0.4, 0.5) is 0 Å². The van der Waals surface area contributed by atoms with E-state index in [0.717, 1.165) is 19.6 Å². The fourth-order valence-corrected chi connectivity index (χ4v) is 2.76. The molecule has 1 fully saturated rings. The molecule has 0 spiro atoms. The van der Waals surface area contributed by atoms with Gasteiger partial charge in [0.25, 0.3) is 0 Å². The first-order chi connectivity index (χ1) is 9.92. The number of benzene rings is 1. The van der Waals surface area contributed by atoms with Crippen molar-refractivity contribution in [3.05, 3.63) is 35.9 Å². The SMILES string of the molecule is CC(c1ccccc1)N(C)C(=O)CN1CCNCC1(C)C. The van der Waals surface area contributed by atoms with Crippen molar-refractivity contribution in [1.82, 2.24) is 15.1 Å². The molecule has 0 aromatic heterocycles. The lowest BCUT2D eigenvalue weighted by Gasteiger charge is -2.43. The predicted octanol–water partition coefficient (Wildman–Crippen LogP) is 1.89. The monoisotopic (exact) mass is 289 g/mol. The molecule has 1 aromatic carbocycles. The van der Waals surface area contributed by atoms with Gasteiger partial charge in [-0.2, -0.15) is 0 Å². The average molecular weight is 289 g/mol. The van der Waals surface area contributed by atoms with Gasteiger partial charge in [0.05, 0.1) is 12.6 Å². The Morgan fingerprint density at radius 1 is 1.38 bits per heavy atom. The Hall–Kier alpha value is -1.39. The maximum Gasteiger partial charge on any atom is 0.237 e. The summed E-state index contributed by atoms with van der Waals surface area (Å²) < 4.78 is 0. The Labute approximate surface area is 128 Å². The number of likely N-dealkylation sites (N-methyl/N-ethyl adjacent to an activating group) is 1. The molecule has 0 saturated carbocycles. The quantitative estimate of drug-likeness (QED) is 0.919. The summed E-state index contributed by atoms with van der Waals surface area (Å²) in [7, 11) is 1.90. The summed E-state index contributed by atoms with van der Waals surface area (Å²) in [6, 6.07) is 10.3. The molecule has 0 radical (unpaired) electrons. The second-order valence-corrected chi connectivity index (χ2v) is 6.50. The largest absolute Gasteiger partial charge is 0.338 e. The van der Waals surface area contributed by atoms with Crippen molar-refractivity contribution >= 4 is 5.91 Å². The van der Waals surface area contributed by atoms with Gasteiger partial charge in [0, 0.05) is 32.2 Å². The number of nitrogens with one attached hydrogen (secondary N) is 1. The minimum absolute atomic E-state index is 0.0325. The minimum atomic E-state index is 0.0325. The molecule has 1 aliphatic rings. The van der Waals surface area contributed by atoms with Crippen molar-refractivity contribution in [2.75, 3.05) is 33.2 Å². The molecule has 116 valence electrons. The number of hydrogen-bond donors (Lipinski definition) is 1. The number of hydrogen-bond acceptors (Lipinski definition) is 3. The molecule has 1 heterocycles. The third-order valence-electron chi connectivity index (χ3n) is 4.55. The van der Waals surface area contributed by atoms with Gasteiger partial charge in [-0.15, -0.1) is 0 Å². The van der Waals surface area contributed by atoms with E-state index in [-0.39, 0.29) is 17.5 Å². The van der Waals surface area contributed by atoms with Crippen molar-refractivity contribution in [3.8, 4) is 0 Å². The zero-order chi connectivity index (χ0) is 15.5. The number of carbonyl (C=O) groups is 1. The van der Waals surface area contributed by atoms with Crippen LogP contribution in [0.1, 0.15) is 32.4 Å². The minimum Gasteiger partial charge on any atom is -0.338 e. The number of rotatable bonds is 4. The van der Waals surface area contributed by atoms with E-state index in [2.05, 4.69) is 43.1 Å². The highest BCUT2D eigenvalue weighted by Gasteiger charge is 2.32. The van der Waals surface area contributed by atoms with E-state index >= 15 is 0 Å². The standard InChI is InChI=1S/C17H27N3O/c1-14(15-8-6-5-7-9-15)19(4)16(21)12-20-11-10-18-13-17(20,2)3/h5-9,14,18H,10-13H2,1-4H3. The lowest BCUT2D eigenvalue weighted by Crippen LogP contribution is -2.60. The second kappa shape index (κ2) is 6.58. The number of carbonyl (C=O) groups excluding carboxylic acids is 1. The third kappa shape index (κ3) is 3.83. The molecule has 1 atom stereocenters. The van der Waals surface area contributed by atoms with E-state index in [1.54, 1.807) is 0 Å². The highest BCUT2D eigenvalue weighted by Crippen LogP contribution is 2.20. The maximum atomic E-state index is 12.6. The zero-order valence-corrected chi connectivity index (χ0v) is 13.6. The van der Waals surface area contributed by atoms with Crippen LogP contribution in [0.25, 0.3) is 0 Å². The lowest BCUT2D eigenvalue weighted by molar-refractivity contribution is -0.134. The van der Waals surface area contributed by atoms with Crippen LogP contribution in [-0.2, 0) is 4.79 Å². The zero-order valence-electron chi connectivity index (χ0n) is 13.6. The van der Waals surface area contributed by atoms with Crippen LogP contribution in [0, 0.1) is 0 Å². The van der Waals surface area contributed by atoms with Gasteiger partial charge < -0.3 is 10.2 Å². The first-order valence-electron chi connectivity index (χ1n) is 7.68. The van der Waals surface area contributed by atoms with Crippen LogP contribution >= 0.6 is 0 Å². The van der Waals surface area contributed by atoms with Gasteiger partial charge in [0.1, 0.15) is 0 Å². The van der Waals surface area contributed by atoms with Gasteiger partial charge in [0.15, 0.2) is 0 Å². The van der Waals surface area contributed by atoms with E-state index in [0.29, 0.717) is 6.54 Å². The summed E-state index contributed by atoms with van der Waals surface area (Å²) in [5, 5.41) is 3.39. The van der Waals surface area contributed by atoms with Crippen molar-refractivity contribution < 1.29 is 4.79 Å². The van der Waals surface area contributed by atoms with Crippen molar-refractivity contribution in [1.29, 1.82) is 0 Å². The first kappa shape index (κ1) is 16.0. The van der Waals surface area contributed by atoms with Gasteiger partial charge in [-0.25, -0.2) is 0 Å². The molecule has 4 heteroatoms. The summed E-state index contributed by atoms with van der Waals surface area (Å²) in [5.41, 5.74) is 1.21. The molecule has 1 N–H and O–H groups in total. The van der Waals surface area contributed by atoms with E-state index in [4.69, 9.17) is 0 Å². The molecular formula is C17H27N3O. The molecule has 21 heavy (non-hydrogen) atoms. The smallest absolute Gasteiger partial charge is 0.237 e. The fraction of sp³-hybridized carbons (Fsp3) is 0.588. The van der Waals surface area contributed by atoms with E-state index < -0.39 is 0 Å². The summed E-state index contributed by atoms with van der Waals surface area (Å²) in [5.74, 6) is 0.182. The normalized spacial score (nSPS) is 20.0. The number of nitrogens with zero attached hydrogens (tertiary/aromatic N) is 2. The fourth-order valence-electron chi connectivity index (χ4n) is 2.76. The summed E-state index contributed by atoms with van der Waals surface area (Å²) in [6.45, 7) is 9.75. The van der Waals surface area contributed by atoms with Gasteiger partial charge in [-0.05, 0) is 26.3 Å².